The zero-order chi connectivity index (χ0) is 12.8. The van der Waals surface area contributed by atoms with Crippen LogP contribution in [0.4, 0.5) is 0 Å². The Bertz CT molecular complexity index is 415. The van der Waals surface area contributed by atoms with Gasteiger partial charge >= 0.3 is 0 Å². The van der Waals surface area contributed by atoms with Crippen LogP contribution in [0.3, 0.4) is 0 Å². The fourth-order valence-corrected chi connectivity index (χ4v) is 2.23. The maximum atomic E-state index is 9.30. The van der Waals surface area contributed by atoms with E-state index in [-0.39, 0.29) is 5.17 Å². The van der Waals surface area contributed by atoms with Gasteiger partial charge in [-0.3, -0.25) is 0 Å². The first-order valence-electron chi connectivity index (χ1n) is 4.75. The van der Waals surface area contributed by atoms with E-state index in [1.807, 2.05) is 6.20 Å². The van der Waals surface area contributed by atoms with Gasteiger partial charge in [0.1, 0.15) is 0 Å². The molecule has 6 nitrogen and oxygen atoms in total. The highest BCUT2D eigenvalue weighted by molar-refractivity contribution is 7.96. The molecule has 1 aromatic rings. The summed E-state index contributed by atoms with van der Waals surface area (Å²) in [5.74, 6) is 0.941. The summed E-state index contributed by atoms with van der Waals surface area (Å²) in [4.78, 5) is 14.6. The van der Waals surface area contributed by atoms with Gasteiger partial charge in [-0.1, -0.05) is 24.2 Å². The standard InChI is InChI=1S/C7H8ClNS.CH3N3O2S/c8-7-9-4-6(10-7)3-5-1-2-5;2-1(7)3-4(5)6/h4-5H,1-3H2;(H3,2,3,7). The maximum absolute atomic E-state index is 9.30. The van der Waals surface area contributed by atoms with E-state index in [1.165, 1.54) is 24.1 Å². The Hall–Kier alpha value is -0.860. The minimum atomic E-state index is -0.914. The number of nitrogens with two attached hydrogens (primary N) is 1. The van der Waals surface area contributed by atoms with Crippen molar-refractivity contribution in [3.05, 3.63) is 25.7 Å². The van der Waals surface area contributed by atoms with Crippen molar-refractivity contribution in [2.75, 3.05) is 0 Å². The van der Waals surface area contributed by atoms with E-state index in [4.69, 9.17) is 11.6 Å². The summed E-state index contributed by atoms with van der Waals surface area (Å²) >= 11 is 10.6. The molecule has 1 aliphatic rings. The number of nitrogens with zero attached hydrogens (tertiary/aromatic N) is 3. The normalized spacial score (nSPS) is 15.1. The topological polar surface area (TPSA) is 94.4 Å². The number of thiol groups is 1. The molecular weight excluding hydrogens is 284 g/mol. The monoisotopic (exact) mass is 294 g/mol. The molecule has 17 heavy (non-hydrogen) atoms. The largest absolute Gasteiger partial charge is 0.373 e. The zero-order valence-electron chi connectivity index (χ0n) is 8.74. The summed E-state index contributed by atoms with van der Waals surface area (Å²) in [6, 6.07) is 0. The molecular formula is C8H11ClN4O2S2. The molecule has 1 saturated carbocycles. The molecule has 1 aromatic heterocycles. The van der Waals surface area contributed by atoms with Gasteiger partial charge in [0, 0.05) is 11.1 Å². The van der Waals surface area contributed by atoms with E-state index in [0.717, 1.165) is 5.92 Å². The first-order valence-corrected chi connectivity index (χ1v) is 6.39. The van der Waals surface area contributed by atoms with Crippen LogP contribution in [0.1, 0.15) is 17.7 Å². The molecule has 2 rings (SSSR count). The van der Waals surface area contributed by atoms with Crippen LogP contribution in [0.2, 0.25) is 4.47 Å². The van der Waals surface area contributed by atoms with Crippen molar-refractivity contribution >= 4 is 40.7 Å². The summed E-state index contributed by atoms with van der Waals surface area (Å²) in [5.41, 5.74) is 4.67. The van der Waals surface area contributed by atoms with Gasteiger partial charge in [0.15, 0.2) is 9.50 Å². The molecule has 1 fully saturated rings. The van der Waals surface area contributed by atoms with Crippen LogP contribution in [-0.2, 0) is 6.42 Å². The van der Waals surface area contributed by atoms with Crippen LogP contribution in [0.15, 0.2) is 11.3 Å². The molecule has 0 saturated heterocycles. The molecule has 0 amide bonds. The van der Waals surface area contributed by atoms with Crippen molar-refractivity contribution in [3.8, 4) is 0 Å². The Morgan fingerprint density at radius 1 is 1.82 bits per heavy atom. The van der Waals surface area contributed by atoms with E-state index >= 15 is 0 Å². The Kier molecular flexibility index (Phi) is 5.66. The van der Waals surface area contributed by atoms with Crippen LogP contribution in [0, 0.1) is 16.0 Å². The summed E-state index contributed by atoms with van der Waals surface area (Å²) in [5, 5.41) is 10.6. The third-order valence-corrected chi connectivity index (χ3v) is 3.12. The van der Waals surface area contributed by atoms with E-state index in [0.29, 0.717) is 4.47 Å². The molecule has 1 heterocycles. The van der Waals surface area contributed by atoms with Crippen LogP contribution in [-0.4, -0.2) is 15.2 Å². The lowest BCUT2D eigenvalue weighted by molar-refractivity contribution is -0.484. The average Bonchev–Trinajstić information content (AvgIpc) is 2.88. The van der Waals surface area contributed by atoms with E-state index < -0.39 is 5.03 Å². The number of thiazole rings is 1. The number of nitro groups is 1. The van der Waals surface area contributed by atoms with Crippen molar-refractivity contribution < 1.29 is 5.03 Å². The number of hydrazone groups is 1. The summed E-state index contributed by atoms with van der Waals surface area (Å²) < 4.78 is 0.677. The van der Waals surface area contributed by atoms with Crippen LogP contribution >= 0.6 is 35.6 Å². The Labute approximate surface area is 112 Å². The molecule has 94 valence electrons. The molecule has 1 aliphatic carbocycles. The molecule has 0 unspecified atom stereocenters. The predicted molar refractivity (Wildman–Crippen MR) is 71.2 cm³/mol. The number of hydrogen-bond donors (Lipinski definition) is 2. The Balaban J connectivity index is 0.000000185. The second-order valence-electron chi connectivity index (χ2n) is 3.42. The van der Waals surface area contributed by atoms with E-state index in [2.05, 4.69) is 28.4 Å². The smallest absolute Gasteiger partial charge is 0.229 e. The highest BCUT2D eigenvalue weighted by Crippen LogP contribution is 2.34. The van der Waals surface area contributed by atoms with Crippen LogP contribution in [0.5, 0.6) is 0 Å². The fraction of sp³-hybridized carbons (Fsp3) is 0.500. The minimum Gasteiger partial charge on any atom is -0.373 e. The van der Waals surface area contributed by atoms with Crippen molar-refractivity contribution in [1.82, 2.24) is 4.98 Å². The van der Waals surface area contributed by atoms with Gasteiger partial charge in [0.2, 0.25) is 5.17 Å². The van der Waals surface area contributed by atoms with E-state index in [9.17, 15) is 10.1 Å². The fourth-order valence-electron chi connectivity index (χ4n) is 1.07. The number of aromatic nitrogens is 1. The zero-order valence-corrected chi connectivity index (χ0v) is 11.2. The molecule has 0 atom stereocenters. The number of amidine groups is 1. The highest BCUT2D eigenvalue weighted by atomic mass is 35.5. The summed E-state index contributed by atoms with van der Waals surface area (Å²) in [6.45, 7) is 0. The van der Waals surface area contributed by atoms with Gasteiger partial charge in [-0.25, -0.2) is 15.1 Å². The molecule has 9 heteroatoms. The Morgan fingerprint density at radius 2 is 2.47 bits per heavy atom. The second kappa shape index (κ2) is 6.77. The third-order valence-electron chi connectivity index (χ3n) is 1.90. The molecule has 0 aromatic carbocycles. The minimum absolute atomic E-state index is 0.343. The van der Waals surface area contributed by atoms with Gasteiger partial charge in [-0.15, -0.1) is 11.3 Å². The maximum Gasteiger partial charge on any atom is 0.229 e. The molecule has 0 bridgehead atoms. The van der Waals surface area contributed by atoms with Crippen molar-refractivity contribution in [1.29, 1.82) is 0 Å². The molecule has 0 radical (unpaired) electrons. The number of hydrogen-bond acceptors (Lipinski definition) is 4. The van der Waals surface area contributed by atoms with Gasteiger partial charge < -0.3 is 5.73 Å². The third kappa shape index (κ3) is 7.14. The van der Waals surface area contributed by atoms with Gasteiger partial charge in [-0.2, -0.15) is 0 Å². The van der Waals surface area contributed by atoms with Crippen LogP contribution < -0.4 is 5.73 Å². The van der Waals surface area contributed by atoms with Crippen LogP contribution in [0.25, 0.3) is 0 Å². The van der Waals surface area contributed by atoms with Gasteiger partial charge in [-0.05, 0) is 25.2 Å². The lowest BCUT2D eigenvalue weighted by Gasteiger charge is -1.87. The average molecular weight is 295 g/mol. The first-order chi connectivity index (χ1) is 7.97. The molecule has 0 spiro atoms. The Morgan fingerprint density at radius 3 is 2.76 bits per heavy atom. The number of halogens is 1. The molecule has 0 aliphatic heterocycles. The molecule has 2 N–H and O–H groups in total. The van der Waals surface area contributed by atoms with Crippen molar-refractivity contribution in [2.24, 2.45) is 16.8 Å². The highest BCUT2D eigenvalue weighted by Gasteiger charge is 2.22. The quantitative estimate of drug-likeness (QED) is 0.294. The summed E-state index contributed by atoms with van der Waals surface area (Å²) in [7, 11) is 0. The van der Waals surface area contributed by atoms with E-state index in [1.54, 1.807) is 11.3 Å². The predicted octanol–water partition coefficient (Wildman–Crippen LogP) is 2.17. The van der Waals surface area contributed by atoms with Gasteiger partial charge in [0.05, 0.1) is 5.10 Å². The lowest BCUT2D eigenvalue weighted by atomic mass is 10.3. The van der Waals surface area contributed by atoms with Crippen molar-refractivity contribution in [2.45, 2.75) is 19.3 Å². The first kappa shape index (κ1) is 14.2. The second-order valence-corrected chi connectivity index (χ2v) is 5.58. The lowest BCUT2D eigenvalue weighted by Crippen LogP contribution is -2.04. The summed E-state index contributed by atoms with van der Waals surface area (Å²) in [6.07, 6.45) is 5.89. The van der Waals surface area contributed by atoms with Gasteiger partial charge in [0.25, 0.3) is 0 Å². The SMILES string of the molecule is Clc1ncc(CC2CC2)s1.NC(S)=N[N+](=O)[O-]. The number of rotatable bonds is 3. The van der Waals surface area contributed by atoms with Crippen molar-refractivity contribution in [3.63, 3.8) is 0 Å².